The van der Waals surface area contributed by atoms with Crippen LogP contribution in [0.3, 0.4) is 0 Å². The molecule has 0 aromatic carbocycles. The van der Waals surface area contributed by atoms with Gasteiger partial charge in [-0.1, -0.05) is 19.1 Å². The summed E-state index contributed by atoms with van der Waals surface area (Å²) < 4.78 is 0. The number of thiocarbonyl (C=S) groups is 1. The number of hydrogen-bond acceptors (Lipinski definition) is 3. The monoisotopic (exact) mass is 249 g/mol. The summed E-state index contributed by atoms with van der Waals surface area (Å²) in [5.41, 5.74) is 7.58. The van der Waals surface area contributed by atoms with Crippen LogP contribution in [0.2, 0.25) is 0 Å². The van der Waals surface area contributed by atoms with Gasteiger partial charge in [0.15, 0.2) is 0 Å². The maximum absolute atomic E-state index is 5.60. The molecular formula is C13H19N3S. The van der Waals surface area contributed by atoms with Crippen molar-refractivity contribution in [2.24, 2.45) is 5.73 Å². The van der Waals surface area contributed by atoms with Crippen molar-refractivity contribution in [2.45, 2.75) is 38.8 Å². The lowest BCUT2D eigenvalue weighted by atomic mass is 10.2. The molecule has 1 saturated carbocycles. The van der Waals surface area contributed by atoms with E-state index in [4.69, 9.17) is 18.0 Å². The Morgan fingerprint density at radius 2 is 2.35 bits per heavy atom. The van der Waals surface area contributed by atoms with Gasteiger partial charge in [-0.25, -0.2) is 0 Å². The van der Waals surface area contributed by atoms with E-state index in [1.54, 1.807) is 6.20 Å². The van der Waals surface area contributed by atoms with Crippen LogP contribution >= 0.6 is 12.2 Å². The van der Waals surface area contributed by atoms with Crippen molar-refractivity contribution >= 4 is 17.2 Å². The first-order valence-corrected chi connectivity index (χ1v) is 6.60. The minimum absolute atomic E-state index is 0.375. The zero-order chi connectivity index (χ0) is 12.3. The van der Waals surface area contributed by atoms with Gasteiger partial charge in [-0.3, -0.25) is 9.88 Å². The highest BCUT2D eigenvalue weighted by Crippen LogP contribution is 2.28. The molecule has 17 heavy (non-hydrogen) atoms. The summed E-state index contributed by atoms with van der Waals surface area (Å²) in [6.07, 6.45) is 5.67. The minimum atomic E-state index is 0.375. The van der Waals surface area contributed by atoms with E-state index in [1.807, 2.05) is 12.1 Å². The fourth-order valence-electron chi connectivity index (χ4n) is 2.06. The molecule has 3 nitrogen and oxygen atoms in total. The zero-order valence-corrected chi connectivity index (χ0v) is 11.0. The molecule has 4 heteroatoms. The average Bonchev–Trinajstić information content (AvgIpc) is 3.13. The predicted octanol–water partition coefficient (Wildman–Crippen LogP) is 2.09. The predicted molar refractivity (Wildman–Crippen MR) is 73.8 cm³/mol. The first-order valence-electron chi connectivity index (χ1n) is 6.19. The van der Waals surface area contributed by atoms with Crippen LogP contribution in [0, 0.1) is 0 Å². The van der Waals surface area contributed by atoms with Crippen LogP contribution in [-0.4, -0.2) is 27.5 Å². The van der Waals surface area contributed by atoms with E-state index >= 15 is 0 Å². The third-order valence-corrected chi connectivity index (χ3v) is 3.25. The second-order valence-electron chi connectivity index (χ2n) is 4.62. The Kier molecular flexibility index (Phi) is 4.07. The third-order valence-electron chi connectivity index (χ3n) is 3.04. The van der Waals surface area contributed by atoms with E-state index in [-0.39, 0.29) is 0 Å². The Labute approximate surface area is 108 Å². The van der Waals surface area contributed by atoms with E-state index < -0.39 is 0 Å². The highest BCUT2D eigenvalue weighted by molar-refractivity contribution is 7.80. The van der Waals surface area contributed by atoms with E-state index in [0.29, 0.717) is 4.99 Å². The number of rotatable bonds is 6. The van der Waals surface area contributed by atoms with Gasteiger partial charge in [0.05, 0.1) is 5.69 Å². The minimum Gasteiger partial charge on any atom is -0.388 e. The number of aromatic nitrogens is 1. The average molecular weight is 249 g/mol. The van der Waals surface area contributed by atoms with E-state index in [1.165, 1.54) is 24.8 Å². The van der Waals surface area contributed by atoms with Crippen molar-refractivity contribution < 1.29 is 0 Å². The van der Waals surface area contributed by atoms with Gasteiger partial charge in [-0.2, -0.15) is 0 Å². The highest BCUT2D eigenvalue weighted by atomic mass is 32.1. The largest absolute Gasteiger partial charge is 0.388 e. The lowest BCUT2D eigenvalue weighted by Crippen LogP contribution is -2.26. The molecule has 0 radical (unpaired) electrons. The van der Waals surface area contributed by atoms with Gasteiger partial charge < -0.3 is 5.73 Å². The lowest BCUT2D eigenvalue weighted by Gasteiger charge is -2.21. The van der Waals surface area contributed by atoms with Crippen LogP contribution in [0.4, 0.5) is 0 Å². The quantitative estimate of drug-likeness (QED) is 0.784. The molecule has 2 N–H and O–H groups in total. The first kappa shape index (κ1) is 12.5. The summed E-state index contributed by atoms with van der Waals surface area (Å²) in [6, 6.07) is 4.84. The Morgan fingerprint density at radius 1 is 1.59 bits per heavy atom. The Hall–Kier alpha value is -1.00. The highest BCUT2D eigenvalue weighted by Gasteiger charge is 2.28. The van der Waals surface area contributed by atoms with Crippen LogP contribution in [0.5, 0.6) is 0 Å². The van der Waals surface area contributed by atoms with Crippen LogP contribution in [0.25, 0.3) is 0 Å². The zero-order valence-electron chi connectivity index (χ0n) is 10.2. The molecule has 0 atom stereocenters. The van der Waals surface area contributed by atoms with Crippen molar-refractivity contribution in [3.63, 3.8) is 0 Å². The van der Waals surface area contributed by atoms with Gasteiger partial charge in [0.25, 0.3) is 0 Å². The Balaban J connectivity index is 2.05. The maximum atomic E-state index is 5.60. The Morgan fingerprint density at radius 3 is 2.94 bits per heavy atom. The lowest BCUT2D eigenvalue weighted by molar-refractivity contribution is 0.255. The molecule has 1 aliphatic rings. The summed E-state index contributed by atoms with van der Waals surface area (Å²) in [4.78, 5) is 7.08. The molecule has 0 bridgehead atoms. The van der Waals surface area contributed by atoms with Crippen LogP contribution in [-0.2, 0) is 6.54 Å². The molecule has 1 aliphatic carbocycles. The summed E-state index contributed by atoms with van der Waals surface area (Å²) in [5.74, 6) is 0. The molecule has 0 saturated heterocycles. The SMILES string of the molecule is CCCN(Cc1ccnc(C(N)=S)c1)C1CC1. The molecule has 1 aromatic heterocycles. The van der Waals surface area contributed by atoms with Crippen LogP contribution in [0.15, 0.2) is 18.3 Å². The topological polar surface area (TPSA) is 42.2 Å². The van der Waals surface area contributed by atoms with Gasteiger partial charge in [0.1, 0.15) is 4.99 Å². The second-order valence-corrected chi connectivity index (χ2v) is 5.06. The standard InChI is InChI=1S/C13H19N3S/c1-2-7-16(11-3-4-11)9-10-5-6-15-12(8-10)13(14)17/h5-6,8,11H,2-4,7,9H2,1H3,(H2,14,17). The molecule has 1 aromatic rings. The number of nitrogens with two attached hydrogens (primary N) is 1. The van der Waals surface area contributed by atoms with E-state index in [0.717, 1.165) is 24.8 Å². The summed E-state index contributed by atoms with van der Waals surface area (Å²) in [6.45, 7) is 4.37. The molecule has 92 valence electrons. The molecule has 0 unspecified atom stereocenters. The third kappa shape index (κ3) is 3.48. The number of pyridine rings is 1. The van der Waals surface area contributed by atoms with Crippen molar-refractivity contribution in [1.82, 2.24) is 9.88 Å². The fraction of sp³-hybridized carbons (Fsp3) is 0.538. The fourth-order valence-corrected chi connectivity index (χ4v) is 2.17. The van der Waals surface area contributed by atoms with E-state index in [2.05, 4.69) is 16.8 Å². The molecule has 1 heterocycles. The van der Waals surface area contributed by atoms with Gasteiger partial charge in [-0.15, -0.1) is 0 Å². The summed E-state index contributed by atoms with van der Waals surface area (Å²) >= 11 is 4.95. The van der Waals surface area contributed by atoms with Gasteiger partial charge in [0, 0.05) is 18.8 Å². The van der Waals surface area contributed by atoms with Gasteiger partial charge >= 0.3 is 0 Å². The summed E-state index contributed by atoms with van der Waals surface area (Å²) in [7, 11) is 0. The maximum Gasteiger partial charge on any atom is 0.122 e. The molecule has 1 fully saturated rings. The first-order chi connectivity index (χ1) is 8.20. The van der Waals surface area contributed by atoms with Crippen molar-refractivity contribution in [3.8, 4) is 0 Å². The van der Waals surface area contributed by atoms with Crippen molar-refractivity contribution in [1.29, 1.82) is 0 Å². The van der Waals surface area contributed by atoms with E-state index in [9.17, 15) is 0 Å². The normalized spacial score (nSPS) is 15.2. The van der Waals surface area contributed by atoms with Gasteiger partial charge in [0.2, 0.25) is 0 Å². The second kappa shape index (κ2) is 5.56. The molecule has 2 rings (SSSR count). The smallest absolute Gasteiger partial charge is 0.122 e. The van der Waals surface area contributed by atoms with Crippen LogP contribution in [0.1, 0.15) is 37.4 Å². The Bertz CT molecular complexity index is 401. The number of nitrogens with zero attached hydrogens (tertiary/aromatic N) is 2. The molecular weight excluding hydrogens is 230 g/mol. The summed E-state index contributed by atoms with van der Waals surface area (Å²) in [5, 5.41) is 0. The molecule has 0 aliphatic heterocycles. The molecule has 0 spiro atoms. The van der Waals surface area contributed by atoms with Crippen LogP contribution < -0.4 is 5.73 Å². The van der Waals surface area contributed by atoms with Crippen molar-refractivity contribution in [2.75, 3.05) is 6.54 Å². The van der Waals surface area contributed by atoms with Gasteiger partial charge in [-0.05, 0) is 43.5 Å². The van der Waals surface area contributed by atoms with Crippen molar-refractivity contribution in [3.05, 3.63) is 29.6 Å². The number of hydrogen-bond donors (Lipinski definition) is 1. The molecule has 0 amide bonds.